The molecular formula is C16H31N3O. The van der Waals surface area contributed by atoms with E-state index < -0.39 is 0 Å². The van der Waals surface area contributed by atoms with Gasteiger partial charge in [-0.3, -0.25) is 9.69 Å². The molecule has 2 aliphatic heterocycles. The summed E-state index contributed by atoms with van der Waals surface area (Å²) >= 11 is 0. The fourth-order valence-electron chi connectivity index (χ4n) is 3.39. The molecule has 2 saturated heterocycles. The van der Waals surface area contributed by atoms with Crippen molar-refractivity contribution in [1.82, 2.24) is 15.1 Å². The van der Waals surface area contributed by atoms with E-state index in [-0.39, 0.29) is 0 Å². The van der Waals surface area contributed by atoms with Gasteiger partial charge in [-0.2, -0.15) is 0 Å². The molecule has 2 rings (SSSR count). The summed E-state index contributed by atoms with van der Waals surface area (Å²) in [6.45, 7) is 11.3. The number of carbonyl (C=O) groups is 1. The zero-order valence-electron chi connectivity index (χ0n) is 13.2. The standard InChI is InChI=1S/C16H31N3O/c1-14(2)15-5-3-9-18(11-6-15)13-16(20)19-10-4-7-17-8-12-19/h14-15,17H,3-13H2,1-2H3. The molecule has 2 aliphatic rings. The minimum Gasteiger partial charge on any atom is -0.340 e. The summed E-state index contributed by atoms with van der Waals surface area (Å²) in [5.74, 6) is 1.96. The molecular weight excluding hydrogens is 250 g/mol. The zero-order chi connectivity index (χ0) is 14.4. The highest BCUT2D eigenvalue weighted by atomic mass is 16.2. The van der Waals surface area contributed by atoms with Gasteiger partial charge in [-0.05, 0) is 57.2 Å². The number of nitrogens with zero attached hydrogens (tertiary/aromatic N) is 2. The van der Waals surface area contributed by atoms with E-state index in [2.05, 4.69) is 24.1 Å². The van der Waals surface area contributed by atoms with E-state index in [4.69, 9.17) is 0 Å². The van der Waals surface area contributed by atoms with E-state index in [1.54, 1.807) is 0 Å². The van der Waals surface area contributed by atoms with E-state index in [0.717, 1.165) is 57.5 Å². The number of amides is 1. The molecule has 0 aromatic heterocycles. The van der Waals surface area contributed by atoms with Gasteiger partial charge in [-0.15, -0.1) is 0 Å². The predicted octanol–water partition coefficient (Wildman–Crippen LogP) is 1.57. The molecule has 0 aromatic rings. The average Bonchev–Trinajstić information content (AvgIpc) is 2.80. The van der Waals surface area contributed by atoms with Gasteiger partial charge in [0.15, 0.2) is 0 Å². The Morgan fingerprint density at radius 1 is 1.10 bits per heavy atom. The van der Waals surface area contributed by atoms with Gasteiger partial charge in [0.2, 0.25) is 5.91 Å². The molecule has 1 amide bonds. The topological polar surface area (TPSA) is 35.6 Å². The summed E-state index contributed by atoms with van der Waals surface area (Å²) in [6.07, 6.45) is 4.92. The van der Waals surface area contributed by atoms with Crippen LogP contribution in [-0.4, -0.2) is 61.5 Å². The maximum absolute atomic E-state index is 12.4. The van der Waals surface area contributed by atoms with Gasteiger partial charge in [-0.25, -0.2) is 0 Å². The number of hydrogen-bond donors (Lipinski definition) is 1. The van der Waals surface area contributed by atoms with E-state index in [1.165, 1.54) is 19.3 Å². The van der Waals surface area contributed by atoms with Crippen molar-refractivity contribution in [3.8, 4) is 0 Å². The number of carbonyl (C=O) groups excluding carboxylic acids is 1. The van der Waals surface area contributed by atoms with Crippen molar-refractivity contribution >= 4 is 5.91 Å². The third-order valence-electron chi connectivity index (χ3n) is 4.86. The van der Waals surface area contributed by atoms with E-state index in [9.17, 15) is 4.79 Å². The van der Waals surface area contributed by atoms with Gasteiger partial charge in [0.25, 0.3) is 0 Å². The Morgan fingerprint density at radius 3 is 2.75 bits per heavy atom. The summed E-state index contributed by atoms with van der Waals surface area (Å²) in [5, 5.41) is 3.36. The van der Waals surface area contributed by atoms with Crippen LogP contribution in [0.1, 0.15) is 39.5 Å². The summed E-state index contributed by atoms with van der Waals surface area (Å²) in [6, 6.07) is 0. The Balaban J connectivity index is 1.78. The van der Waals surface area contributed by atoms with Crippen LogP contribution in [-0.2, 0) is 4.79 Å². The molecule has 0 spiro atoms. The second-order valence-corrected chi connectivity index (χ2v) is 6.70. The van der Waals surface area contributed by atoms with Crippen LogP contribution in [0.15, 0.2) is 0 Å². The Bertz CT molecular complexity index is 298. The number of nitrogens with one attached hydrogen (secondary N) is 1. The fourth-order valence-corrected chi connectivity index (χ4v) is 3.39. The summed E-state index contributed by atoms with van der Waals surface area (Å²) in [5.41, 5.74) is 0. The molecule has 1 atom stereocenters. The van der Waals surface area contributed by atoms with Crippen molar-refractivity contribution in [2.24, 2.45) is 11.8 Å². The van der Waals surface area contributed by atoms with Crippen molar-refractivity contribution in [1.29, 1.82) is 0 Å². The van der Waals surface area contributed by atoms with Gasteiger partial charge in [0.05, 0.1) is 6.54 Å². The minimum absolute atomic E-state index is 0.330. The number of rotatable bonds is 3. The smallest absolute Gasteiger partial charge is 0.236 e. The van der Waals surface area contributed by atoms with Gasteiger partial charge >= 0.3 is 0 Å². The summed E-state index contributed by atoms with van der Waals surface area (Å²) in [7, 11) is 0. The fraction of sp³-hybridized carbons (Fsp3) is 0.938. The lowest BCUT2D eigenvalue weighted by Gasteiger charge is -2.25. The highest BCUT2D eigenvalue weighted by Crippen LogP contribution is 2.24. The second kappa shape index (κ2) is 7.99. The van der Waals surface area contributed by atoms with Crippen LogP contribution in [0.3, 0.4) is 0 Å². The average molecular weight is 281 g/mol. The Hall–Kier alpha value is -0.610. The molecule has 0 radical (unpaired) electrons. The summed E-state index contributed by atoms with van der Waals surface area (Å²) < 4.78 is 0. The van der Waals surface area contributed by atoms with E-state index in [1.807, 2.05) is 4.90 Å². The lowest BCUT2D eigenvalue weighted by molar-refractivity contribution is -0.132. The van der Waals surface area contributed by atoms with Gasteiger partial charge < -0.3 is 10.2 Å². The molecule has 0 aliphatic carbocycles. The maximum Gasteiger partial charge on any atom is 0.236 e. The van der Waals surface area contributed by atoms with Crippen molar-refractivity contribution in [3.05, 3.63) is 0 Å². The zero-order valence-corrected chi connectivity index (χ0v) is 13.2. The molecule has 0 bridgehead atoms. The van der Waals surface area contributed by atoms with Crippen LogP contribution in [0.4, 0.5) is 0 Å². The molecule has 1 N–H and O–H groups in total. The van der Waals surface area contributed by atoms with E-state index in [0.29, 0.717) is 12.5 Å². The van der Waals surface area contributed by atoms with Gasteiger partial charge in [0.1, 0.15) is 0 Å². The first-order valence-corrected chi connectivity index (χ1v) is 8.37. The first kappa shape index (κ1) is 15.8. The van der Waals surface area contributed by atoms with Crippen molar-refractivity contribution < 1.29 is 4.79 Å². The van der Waals surface area contributed by atoms with Crippen molar-refractivity contribution in [2.45, 2.75) is 39.5 Å². The van der Waals surface area contributed by atoms with Crippen LogP contribution >= 0.6 is 0 Å². The highest BCUT2D eigenvalue weighted by Gasteiger charge is 2.23. The van der Waals surface area contributed by atoms with Crippen LogP contribution in [0.25, 0.3) is 0 Å². The molecule has 0 saturated carbocycles. The Kier molecular flexibility index (Phi) is 6.30. The SMILES string of the molecule is CC(C)C1CCCN(CC(=O)N2CCCNCC2)CC1. The first-order valence-electron chi connectivity index (χ1n) is 8.37. The number of likely N-dealkylation sites (tertiary alicyclic amines) is 1. The summed E-state index contributed by atoms with van der Waals surface area (Å²) in [4.78, 5) is 16.8. The Labute approximate surface area is 123 Å². The normalized spacial score (nSPS) is 26.4. The lowest BCUT2D eigenvalue weighted by Crippen LogP contribution is -2.42. The number of hydrogen-bond acceptors (Lipinski definition) is 3. The predicted molar refractivity (Wildman–Crippen MR) is 82.7 cm³/mol. The lowest BCUT2D eigenvalue weighted by atomic mass is 9.89. The maximum atomic E-state index is 12.4. The highest BCUT2D eigenvalue weighted by molar-refractivity contribution is 5.78. The first-order chi connectivity index (χ1) is 9.66. The van der Waals surface area contributed by atoms with Gasteiger partial charge in [0, 0.05) is 19.6 Å². The van der Waals surface area contributed by atoms with Crippen LogP contribution in [0.5, 0.6) is 0 Å². The molecule has 0 aromatic carbocycles. The molecule has 2 heterocycles. The molecule has 4 nitrogen and oxygen atoms in total. The van der Waals surface area contributed by atoms with Crippen molar-refractivity contribution in [2.75, 3.05) is 45.8 Å². The van der Waals surface area contributed by atoms with Crippen molar-refractivity contribution in [3.63, 3.8) is 0 Å². The third-order valence-corrected chi connectivity index (χ3v) is 4.86. The molecule has 2 fully saturated rings. The third kappa shape index (κ3) is 4.74. The van der Waals surface area contributed by atoms with Crippen LogP contribution in [0, 0.1) is 11.8 Å². The largest absolute Gasteiger partial charge is 0.340 e. The molecule has 1 unspecified atom stereocenters. The molecule has 20 heavy (non-hydrogen) atoms. The second-order valence-electron chi connectivity index (χ2n) is 6.70. The quantitative estimate of drug-likeness (QED) is 0.853. The van der Waals surface area contributed by atoms with E-state index >= 15 is 0 Å². The molecule has 4 heteroatoms. The minimum atomic E-state index is 0.330. The van der Waals surface area contributed by atoms with Crippen LogP contribution < -0.4 is 5.32 Å². The molecule has 116 valence electrons. The van der Waals surface area contributed by atoms with Crippen LogP contribution in [0.2, 0.25) is 0 Å². The van der Waals surface area contributed by atoms with Gasteiger partial charge in [-0.1, -0.05) is 13.8 Å². The Morgan fingerprint density at radius 2 is 1.95 bits per heavy atom. The monoisotopic (exact) mass is 281 g/mol.